The molecule has 2 heterocycles. The third kappa shape index (κ3) is 4.82. The molecule has 116 valence electrons. The van der Waals surface area contributed by atoms with Crippen LogP contribution >= 0.6 is 11.8 Å². The molecule has 5 nitrogen and oxygen atoms in total. The third-order valence-corrected chi connectivity index (χ3v) is 4.47. The molecular weight excluding hydrogens is 272 g/mol. The van der Waals surface area contributed by atoms with Crippen molar-refractivity contribution in [3.63, 3.8) is 0 Å². The first-order chi connectivity index (χ1) is 9.83. The fraction of sp³-hybridized carbons (Fsp3) is 0.929. The van der Waals surface area contributed by atoms with Crippen molar-refractivity contribution in [2.24, 2.45) is 4.99 Å². The van der Waals surface area contributed by atoms with Crippen molar-refractivity contribution in [2.45, 2.75) is 31.9 Å². The minimum atomic E-state index is 0.250. The summed E-state index contributed by atoms with van der Waals surface area (Å²) in [6.45, 7) is 7.85. The van der Waals surface area contributed by atoms with Crippen LogP contribution in [0.25, 0.3) is 0 Å². The summed E-state index contributed by atoms with van der Waals surface area (Å²) in [5.74, 6) is 2.01. The Morgan fingerprint density at radius 1 is 1.45 bits per heavy atom. The van der Waals surface area contributed by atoms with Crippen molar-refractivity contribution in [1.82, 2.24) is 15.5 Å². The van der Waals surface area contributed by atoms with Crippen LogP contribution in [-0.4, -0.2) is 74.3 Å². The molecule has 0 aromatic rings. The van der Waals surface area contributed by atoms with Gasteiger partial charge >= 0.3 is 0 Å². The number of rotatable bonds is 6. The lowest BCUT2D eigenvalue weighted by Crippen LogP contribution is -2.47. The number of nitrogens with one attached hydrogen (secondary N) is 2. The molecule has 0 saturated carbocycles. The van der Waals surface area contributed by atoms with Gasteiger partial charge in [0.15, 0.2) is 5.96 Å². The Balaban J connectivity index is 1.76. The van der Waals surface area contributed by atoms with E-state index in [2.05, 4.69) is 33.7 Å². The highest BCUT2D eigenvalue weighted by Gasteiger charge is 2.31. The van der Waals surface area contributed by atoms with E-state index >= 15 is 0 Å². The van der Waals surface area contributed by atoms with E-state index in [-0.39, 0.29) is 6.10 Å². The summed E-state index contributed by atoms with van der Waals surface area (Å²) in [6.07, 6.45) is 4.99. The Hall–Kier alpha value is -0.460. The fourth-order valence-corrected chi connectivity index (χ4v) is 3.11. The van der Waals surface area contributed by atoms with Gasteiger partial charge in [-0.1, -0.05) is 0 Å². The number of guanidine groups is 1. The van der Waals surface area contributed by atoms with Gasteiger partial charge in [-0.05, 0) is 32.6 Å². The number of nitrogens with zero attached hydrogens (tertiary/aromatic N) is 2. The minimum Gasteiger partial charge on any atom is -0.373 e. The van der Waals surface area contributed by atoms with Crippen molar-refractivity contribution in [3.8, 4) is 0 Å². The molecule has 2 saturated heterocycles. The number of fused-ring (bicyclic) bond motifs is 1. The lowest BCUT2D eigenvalue weighted by molar-refractivity contribution is -0.0432. The summed E-state index contributed by atoms with van der Waals surface area (Å²) in [7, 11) is 0. The van der Waals surface area contributed by atoms with Gasteiger partial charge < -0.3 is 15.4 Å². The number of hydrogen-bond acceptors (Lipinski definition) is 4. The van der Waals surface area contributed by atoms with Crippen LogP contribution in [0.4, 0.5) is 0 Å². The van der Waals surface area contributed by atoms with Gasteiger partial charge in [0, 0.05) is 31.4 Å². The van der Waals surface area contributed by atoms with Crippen LogP contribution in [0.3, 0.4) is 0 Å². The largest absolute Gasteiger partial charge is 0.373 e. The summed E-state index contributed by atoms with van der Waals surface area (Å²) in [5, 5.41) is 6.64. The van der Waals surface area contributed by atoms with Crippen LogP contribution in [0.2, 0.25) is 0 Å². The maximum absolute atomic E-state index is 5.94. The van der Waals surface area contributed by atoms with Crippen LogP contribution in [0.1, 0.15) is 19.8 Å². The molecule has 2 atom stereocenters. The molecule has 2 rings (SSSR count). The van der Waals surface area contributed by atoms with E-state index in [1.165, 1.54) is 19.4 Å². The molecule has 0 aromatic heterocycles. The van der Waals surface area contributed by atoms with Crippen molar-refractivity contribution in [3.05, 3.63) is 0 Å². The average Bonchev–Trinajstić information content (AvgIpc) is 2.92. The summed E-state index contributed by atoms with van der Waals surface area (Å²) in [5.41, 5.74) is 0. The zero-order chi connectivity index (χ0) is 14.2. The Bertz CT molecular complexity index is 314. The molecule has 0 aromatic carbocycles. The monoisotopic (exact) mass is 300 g/mol. The topological polar surface area (TPSA) is 48.9 Å². The first-order valence-electron chi connectivity index (χ1n) is 7.70. The van der Waals surface area contributed by atoms with Crippen LogP contribution < -0.4 is 10.6 Å². The molecule has 0 spiro atoms. The van der Waals surface area contributed by atoms with E-state index in [1.54, 1.807) is 0 Å². The Morgan fingerprint density at radius 3 is 3.15 bits per heavy atom. The van der Waals surface area contributed by atoms with Crippen LogP contribution in [0.15, 0.2) is 4.99 Å². The zero-order valence-corrected chi connectivity index (χ0v) is 13.5. The van der Waals surface area contributed by atoms with E-state index in [0.717, 1.165) is 44.5 Å². The predicted octanol–water partition coefficient (Wildman–Crippen LogP) is 0.768. The van der Waals surface area contributed by atoms with Gasteiger partial charge in [-0.3, -0.25) is 9.89 Å². The molecule has 0 bridgehead atoms. The van der Waals surface area contributed by atoms with Crippen molar-refractivity contribution >= 4 is 17.7 Å². The number of ether oxygens (including phenoxy) is 1. The van der Waals surface area contributed by atoms with Gasteiger partial charge in [-0.2, -0.15) is 11.8 Å². The maximum Gasteiger partial charge on any atom is 0.191 e. The van der Waals surface area contributed by atoms with Crippen LogP contribution in [0.5, 0.6) is 0 Å². The number of morpholine rings is 1. The zero-order valence-electron chi connectivity index (χ0n) is 12.7. The minimum absolute atomic E-state index is 0.250. The third-order valence-electron chi connectivity index (χ3n) is 3.86. The van der Waals surface area contributed by atoms with Crippen LogP contribution in [-0.2, 0) is 4.74 Å². The Labute approximate surface area is 126 Å². The molecule has 0 aliphatic carbocycles. The summed E-state index contributed by atoms with van der Waals surface area (Å²) >= 11 is 1.84. The fourth-order valence-electron chi connectivity index (χ4n) is 2.80. The van der Waals surface area contributed by atoms with E-state index < -0.39 is 0 Å². The molecule has 0 amide bonds. The molecule has 2 aliphatic heterocycles. The van der Waals surface area contributed by atoms with E-state index in [9.17, 15) is 0 Å². The molecule has 20 heavy (non-hydrogen) atoms. The molecule has 6 heteroatoms. The van der Waals surface area contributed by atoms with Crippen molar-refractivity contribution in [2.75, 3.05) is 51.3 Å². The molecule has 2 fully saturated rings. The molecule has 0 radical (unpaired) electrons. The first kappa shape index (κ1) is 15.9. The lowest BCUT2D eigenvalue weighted by Gasteiger charge is -2.34. The summed E-state index contributed by atoms with van der Waals surface area (Å²) in [4.78, 5) is 7.22. The van der Waals surface area contributed by atoms with Gasteiger partial charge in [0.1, 0.15) is 0 Å². The standard InChI is InChI=1S/C14H28N4OS/c1-3-15-14(16-6-8-20-2)17-9-13-10-18-7-4-5-12(18)11-19-13/h12-13H,3-11H2,1-2H3,(H2,15,16,17). The van der Waals surface area contributed by atoms with E-state index in [4.69, 9.17) is 4.74 Å². The quantitative estimate of drug-likeness (QED) is 0.431. The van der Waals surface area contributed by atoms with Crippen molar-refractivity contribution in [1.29, 1.82) is 0 Å². The van der Waals surface area contributed by atoms with Crippen molar-refractivity contribution < 1.29 is 4.74 Å². The van der Waals surface area contributed by atoms with Crippen LogP contribution in [0, 0.1) is 0 Å². The summed E-state index contributed by atoms with van der Waals surface area (Å²) in [6, 6.07) is 0.670. The second-order valence-electron chi connectivity index (χ2n) is 5.39. The Morgan fingerprint density at radius 2 is 2.35 bits per heavy atom. The second kappa shape index (κ2) is 8.74. The number of thioether (sulfide) groups is 1. The summed E-state index contributed by atoms with van der Waals surface area (Å²) < 4.78 is 5.94. The van der Waals surface area contributed by atoms with Gasteiger partial charge in [0.2, 0.25) is 0 Å². The van der Waals surface area contributed by atoms with Gasteiger partial charge in [0.25, 0.3) is 0 Å². The smallest absolute Gasteiger partial charge is 0.191 e. The van der Waals surface area contributed by atoms with E-state index in [0.29, 0.717) is 6.04 Å². The maximum atomic E-state index is 5.94. The highest BCUT2D eigenvalue weighted by atomic mass is 32.2. The Kier molecular flexibility index (Phi) is 6.96. The first-order valence-corrected chi connectivity index (χ1v) is 9.09. The van der Waals surface area contributed by atoms with E-state index in [1.807, 2.05) is 11.8 Å². The normalized spacial score (nSPS) is 27.4. The number of hydrogen-bond donors (Lipinski definition) is 2. The van der Waals surface area contributed by atoms with Gasteiger partial charge in [-0.15, -0.1) is 0 Å². The predicted molar refractivity (Wildman–Crippen MR) is 86.7 cm³/mol. The molecule has 2 aliphatic rings. The molecular formula is C14H28N4OS. The number of aliphatic imine (C=N–C) groups is 1. The molecule has 2 unspecified atom stereocenters. The molecule has 2 N–H and O–H groups in total. The highest BCUT2D eigenvalue weighted by Crippen LogP contribution is 2.22. The SMILES string of the molecule is CCNC(=NCC1CN2CCCC2CO1)NCCSC. The lowest BCUT2D eigenvalue weighted by atomic mass is 10.2. The highest BCUT2D eigenvalue weighted by molar-refractivity contribution is 7.98. The average molecular weight is 300 g/mol. The second-order valence-corrected chi connectivity index (χ2v) is 6.37. The van der Waals surface area contributed by atoms with Gasteiger partial charge in [-0.25, -0.2) is 0 Å². The van der Waals surface area contributed by atoms with Gasteiger partial charge in [0.05, 0.1) is 19.3 Å².